The second-order valence-electron chi connectivity index (χ2n) is 6.03. The molecule has 2 aliphatic heterocycles. The van der Waals surface area contributed by atoms with Crippen LogP contribution >= 0.6 is 11.8 Å². The standard InChI is InChI=1S/C14H24N6OS/c1-19-10-13(17-18-19)16-14(21)15-11-2-6-20(7-3-11)12-4-8-22-9-5-12/h10-12H,2-9H2,1H3,(H2,15,16,21). The molecule has 122 valence electrons. The van der Waals surface area contributed by atoms with Crippen molar-refractivity contribution in [3.63, 3.8) is 0 Å². The molecule has 1 aromatic heterocycles. The first-order valence-electron chi connectivity index (χ1n) is 7.96. The summed E-state index contributed by atoms with van der Waals surface area (Å²) < 4.78 is 1.57. The van der Waals surface area contributed by atoms with Crippen LogP contribution in [0, 0.1) is 0 Å². The number of hydrogen-bond donors (Lipinski definition) is 2. The van der Waals surface area contributed by atoms with Gasteiger partial charge in [0.25, 0.3) is 0 Å². The molecule has 0 atom stereocenters. The number of anilines is 1. The van der Waals surface area contributed by atoms with Gasteiger partial charge in [0.1, 0.15) is 0 Å². The second-order valence-corrected chi connectivity index (χ2v) is 7.25. The van der Waals surface area contributed by atoms with Crippen LogP contribution in [0.4, 0.5) is 10.6 Å². The Labute approximate surface area is 135 Å². The van der Waals surface area contributed by atoms with E-state index >= 15 is 0 Å². The molecule has 0 unspecified atom stereocenters. The van der Waals surface area contributed by atoms with Crippen LogP contribution in [-0.2, 0) is 7.05 Å². The number of thioether (sulfide) groups is 1. The van der Waals surface area contributed by atoms with Gasteiger partial charge in [-0.05, 0) is 37.2 Å². The number of aromatic nitrogens is 3. The monoisotopic (exact) mass is 324 g/mol. The van der Waals surface area contributed by atoms with Gasteiger partial charge in [0.15, 0.2) is 5.82 Å². The van der Waals surface area contributed by atoms with E-state index in [2.05, 4.69) is 37.6 Å². The number of aryl methyl sites for hydroxylation is 1. The molecule has 7 nitrogen and oxygen atoms in total. The van der Waals surface area contributed by atoms with Crippen LogP contribution in [0.1, 0.15) is 25.7 Å². The molecule has 1 aromatic rings. The zero-order valence-electron chi connectivity index (χ0n) is 13.0. The summed E-state index contributed by atoms with van der Waals surface area (Å²) in [7, 11) is 1.77. The average Bonchev–Trinajstić information content (AvgIpc) is 2.94. The molecule has 0 aliphatic carbocycles. The fourth-order valence-electron chi connectivity index (χ4n) is 3.20. The van der Waals surface area contributed by atoms with E-state index in [1.807, 2.05) is 0 Å². The predicted molar refractivity (Wildman–Crippen MR) is 88.1 cm³/mol. The van der Waals surface area contributed by atoms with Crippen molar-refractivity contribution in [3.05, 3.63) is 6.20 Å². The largest absolute Gasteiger partial charge is 0.335 e. The van der Waals surface area contributed by atoms with Gasteiger partial charge in [-0.15, -0.1) is 5.10 Å². The van der Waals surface area contributed by atoms with Crippen molar-refractivity contribution in [2.24, 2.45) is 7.05 Å². The van der Waals surface area contributed by atoms with Crippen molar-refractivity contribution in [2.45, 2.75) is 37.8 Å². The van der Waals surface area contributed by atoms with E-state index < -0.39 is 0 Å². The normalized spacial score (nSPS) is 21.7. The van der Waals surface area contributed by atoms with Crippen molar-refractivity contribution < 1.29 is 4.79 Å². The number of likely N-dealkylation sites (tertiary alicyclic amines) is 1. The molecule has 2 fully saturated rings. The predicted octanol–water partition coefficient (Wildman–Crippen LogP) is 1.30. The summed E-state index contributed by atoms with van der Waals surface area (Å²) in [5.74, 6) is 3.07. The van der Waals surface area contributed by atoms with Gasteiger partial charge in [-0.25, -0.2) is 4.79 Å². The fourth-order valence-corrected chi connectivity index (χ4v) is 4.28. The highest BCUT2D eigenvalue weighted by atomic mass is 32.2. The molecule has 2 amide bonds. The van der Waals surface area contributed by atoms with Gasteiger partial charge in [-0.3, -0.25) is 10.00 Å². The maximum atomic E-state index is 12.0. The number of carbonyl (C=O) groups excluding carboxylic acids is 1. The molecule has 0 aromatic carbocycles. The minimum Gasteiger partial charge on any atom is -0.335 e. The third-order valence-corrected chi connectivity index (χ3v) is 5.47. The number of nitrogens with one attached hydrogen (secondary N) is 2. The molecule has 2 aliphatic rings. The van der Waals surface area contributed by atoms with E-state index in [1.165, 1.54) is 24.3 Å². The van der Waals surface area contributed by atoms with Gasteiger partial charge in [-0.2, -0.15) is 11.8 Å². The number of hydrogen-bond acceptors (Lipinski definition) is 5. The lowest BCUT2D eigenvalue weighted by molar-refractivity contribution is 0.138. The van der Waals surface area contributed by atoms with Crippen LogP contribution < -0.4 is 10.6 Å². The van der Waals surface area contributed by atoms with E-state index in [9.17, 15) is 4.79 Å². The first-order chi connectivity index (χ1) is 10.7. The number of nitrogens with zero attached hydrogens (tertiary/aromatic N) is 4. The quantitative estimate of drug-likeness (QED) is 0.876. The molecule has 2 saturated heterocycles. The van der Waals surface area contributed by atoms with Gasteiger partial charge in [0.2, 0.25) is 0 Å². The first-order valence-corrected chi connectivity index (χ1v) is 9.12. The SMILES string of the molecule is Cn1cc(NC(=O)NC2CCN(C3CCSCC3)CC2)nn1. The average molecular weight is 324 g/mol. The lowest BCUT2D eigenvalue weighted by Crippen LogP contribution is -2.49. The second kappa shape index (κ2) is 7.32. The van der Waals surface area contributed by atoms with E-state index in [4.69, 9.17) is 0 Å². The maximum Gasteiger partial charge on any atom is 0.320 e. The number of piperidine rings is 1. The minimum atomic E-state index is -0.187. The Bertz CT molecular complexity index is 493. The van der Waals surface area contributed by atoms with Crippen LogP contribution in [0.15, 0.2) is 6.20 Å². The molecule has 2 N–H and O–H groups in total. The Morgan fingerprint density at radius 3 is 2.64 bits per heavy atom. The number of amides is 2. The lowest BCUT2D eigenvalue weighted by atomic mass is 10.0. The molecular formula is C14H24N6OS. The van der Waals surface area contributed by atoms with Crippen molar-refractivity contribution in [2.75, 3.05) is 29.9 Å². The molecule has 22 heavy (non-hydrogen) atoms. The molecule has 0 radical (unpaired) electrons. The van der Waals surface area contributed by atoms with Gasteiger partial charge in [-0.1, -0.05) is 5.21 Å². The van der Waals surface area contributed by atoms with Gasteiger partial charge in [0.05, 0.1) is 6.20 Å². The van der Waals surface area contributed by atoms with Crippen molar-refractivity contribution in [1.29, 1.82) is 0 Å². The van der Waals surface area contributed by atoms with Crippen molar-refractivity contribution in [3.8, 4) is 0 Å². The summed E-state index contributed by atoms with van der Waals surface area (Å²) in [4.78, 5) is 14.6. The molecule has 8 heteroatoms. The summed E-state index contributed by atoms with van der Waals surface area (Å²) in [5.41, 5.74) is 0. The van der Waals surface area contributed by atoms with E-state index in [0.717, 1.165) is 32.0 Å². The zero-order valence-corrected chi connectivity index (χ0v) is 13.8. The molecule has 0 bridgehead atoms. The summed E-state index contributed by atoms with van der Waals surface area (Å²) in [5, 5.41) is 13.4. The zero-order chi connectivity index (χ0) is 15.4. The molecule has 0 saturated carbocycles. The third-order valence-electron chi connectivity index (χ3n) is 4.42. The highest BCUT2D eigenvalue weighted by molar-refractivity contribution is 7.99. The Morgan fingerprint density at radius 2 is 2.00 bits per heavy atom. The lowest BCUT2D eigenvalue weighted by Gasteiger charge is -2.39. The summed E-state index contributed by atoms with van der Waals surface area (Å²) >= 11 is 2.07. The van der Waals surface area contributed by atoms with Crippen LogP contribution in [0.25, 0.3) is 0 Å². The maximum absolute atomic E-state index is 12.0. The number of rotatable bonds is 3. The number of carbonyl (C=O) groups is 1. The van der Waals surface area contributed by atoms with Crippen LogP contribution in [0.3, 0.4) is 0 Å². The fraction of sp³-hybridized carbons (Fsp3) is 0.786. The van der Waals surface area contributed by atoms with Crippen LogP contribution in [0.5, 0.6) is 0 Å². The van der Waals surface area contributed by atoms with Crippen molar-refractivity contribution >= 4 is 23.6 Å². The topological polar surface area (TPSA) is 75.1 Å². The Kier molecular flexibility index (Phi) is 5.20. The highest BCUT2D eigenvalue weighted by Gasteiger charge is 2.27. The van der Waals surface area contributed by atoms with Crippen LogP contribution in [-0.4, -0.2) is 62.6 Å². The molecular weight excluding hydrogens is 300 g/mol. The van der Waals surface area contributed by atoms with E-state index in [1.54, 1.807) is 17.9 Å². The van der Waals surface area contributed by atoms with E-state index in [-0.39, 0.29) is 12.1 Å². The number of urea groups is 1. The molecule has 3 heterocycles. The summed E-state index contributed by atoms with van der Waals surface area (Å²) in [6, 6.07) is 0.828. The first kappa shape index (κ1) is 15.6. The van der Waals surface area contributed by atoms with E-state index in [0.29, 0.717) is 5.82 Å². The molecule has 0 spiro atoms. The Morgan fingerprint density at radius 1 is 1.27 bits per heavy atom. The third kappa shape index (κ3) is 4.13. The summed E-state index contributed by atoms with van der Waals surface area (Å²) in [6.45, 7) is 2.18. The van der Waals surface area contributed by atoms with Gasteiger partial charge < -0.3 is 10.2 Å². The van der Waals surface area contributed by atoms with Gasteiger partial charge in [0, 0.05) is 32.2 Å². The summed E-state index contributed by atoms with van der Waals surface area (Å²) in [6.07, 6.45) is 6.37. The highest BCUT2D eigenvalue weighted by Crippen LogP contribution is 2.24. The molecule has 3 rings (SSSR count). The Hall–Kier alpha value is -1.28. The van der Waals surface area contributed by atoms with Crippen molar-refractivity contribution in [1.82, 2.24) is 25.2 Å². The minimum absolute atomic E-state index is 0.187. The Balaban J connectivity index is 1.40. The smallest absolute Gasteiger partial charge is 0.320 e. The van der Waals surface area contributed by atoms with Crippen LogP contribution in [0.2, 0.25) is 0 Å². The van der Waals surface area contributed by atoms with Gasteiger partial charge >= 0.3 is 6.03 Å².